The lowest BCUT2D eigenvalue weighted by atomic mass is 10.0. The van der Waals surface area contributed by atoms with E-state index in [1.165, 1.54) is 31.2 Å². The van der Waals surface area contributed by atoms with Crippen LogP contribution in [0.25, 0.3) is 0 Å². The number of benzene rings is 1. The van der Waals surface area contributed by atoms with Crippen molar-refractivity contribution in [2.24, 2.45) is 0 Å². The van der Waals surface area contributed by atoms with E-state index >= 15 is 0 Å². The first-order valence-electron chi connectivity index (χ1n) is 11.3. The number of halogens is 1. The van der Waals surface area contributed by atoms with Gasteiger partial charge in [-0.05, 0) is 62.2 Å². The molecule has 1 amide bonds. The predicted molar refractivity (Wildman–Crippen MR) is 134 cm³/mol. The molecule has 0 spiro atoms. The number of fused-ring (bicyclic) bond motifs is 1. The predicted octanol–water partition coefficient (Wildman–Crippen LogP) is 4.73. The molecule has 0 fully saturated rings. The Morgan fingerprint density at radius 1 is 1.18 bits per heavy atom. The van der Waals surface area contributed by atoms with Gasteiger partial charge in [0.25, 0.3) is 5.91 Å². The van der Waals surface area contributed by atoms with Gasteiger partial charge in [0, 0.05) is 31.0 Å². The number of pyridine rings is 2. The number of aromatic nitrogens is 2. The third kappa shape index (κ3) is 5.58. The number of nitrogens with zero attached hydrogens (tertiary/aromatic N) is 2. The van der Waals surface area contributed by atoms with E-state index in [-0.39, 0.29) is 5.91 Å². The summed E-state index contributed by atoms with van der Waals surface area (Å²) in [5.74, 6) is 0.690. The quantitative estimate of drug-likeness (QED) is 0.364. The van der Waals surface area contributed by atoms with Crippen LogP contribution >= 0.6 is 0 Å². The number of hydrogen-bond donors (Lipinski definition) is 4. The highest BCUT2D eigenvalue weighted by molar-refractivity contribution is 6.00. The maximum atomic E-state index is 14.4. The molecule has 34 heavy (non-hydrogen) atoms. The SMILES string of the molecule is C=CCNC(=O)c1cnc(Nc2ccc3c(c2)CNCC3)cc1Nc1cccc(C(C)(C)F)n1. The maximum Gasteiger partial charge on any atom is 0.255 e. The first-order valence-corrected chi connectivity index (χ1v) is 11.3. The number of anilines is 4. The average Bonchev–Trinajstić information content (AvgIpc) is 2.82. The Hall–Kier alpha value is -3.78. The van der Waals surface area contributed by atoms with Crippen molar-refractivity contribution in [3.8, 4) is 0 Å². The van der Waals surface area contributed by atoms with Gasteiger partial charge in [-0.2, -0.15) is 0 Å². The molecule has 0 saturated heterocycles. The molecule has 1 aliphatic heterocycles. The summed E-state index contributed by atoms with van der Waals surface area (Å²) < 4.78 is 14.4. The van der Waals surface area contributed by atoms with Crippen molar-refractivity contribution in [1.82, 2.24) is 20.6 Å². The Balaban J connectivity index is 1.64. The van der Waals surface area contributed by atoms with Gasteiger partial charge in [-0.3, -0.25) is 4.79 Å². The molecule has 2 aromatic heterocycles. The van der Waals surface area contributed by atoms with Gasteiger partial charge < -0.3 is 21.3 Å². The van der Waals surface area contributed by atoms with E-state index in [0.29, 0.717) is 35.1 Å². The number of alkyl halides is 1. The molecule has 4 rings (SSSR count). The standard InChI is InChI=1S/C26H29FN6O/c1-4-11-29-25(34)20-16-30-24(31-19-9-8-17-10-12-28-15-18(17)13-19)14-21(20)32-23-7-5-6-22(33-23)26(2,3)27/h4-9,13-14,16,28H,1,10-12,15H2,2-3H3,(H,29,34)(H2,30,31,32,33). The van der Waals surface area contributed by atoms with Gasteiger partial charge in [0.1, 0.15) is 17.3 Å². The first-order chi connectivity index (χ1) is 16.3. The lowest BCUT2D eigenvalue weighted by molar-refractivity contribution is 0.0958. The van der Waals surface area contributed by atoms with Crippen molar-refractivity contribution in [3.05, 3.63) is 83.7 Å². The zero-order valence-electron chi connectivity index (χ0n) is 19.4. The third-order valence-corrected chi connectivity index (χ3v) is 5.54. The molecule has 0 saturated carbocycles. The van der Waals surface area contributed by atoms with Crippen LogP contribution in [0.4, 0.5) is 27.4 Å². The molecule has 176 valence electrons. The second-order valence-electron chi connectivity index (χ2n) is 8.65. The Morgan fingerprint density at radius 3 is 2.82 bits per heavy atom. The fourth-order valence-electron chi connectivity index (χ4n) is 3.75. The summed E-state index contributed by atoms with van der Waals surface area (Å²) in [5.41, 5.74) is 3.05. The smallest absolute Gasteiger partial charge is 0.255 e. The van der Waals surface area contributed by atoms with E-state index in [0.717, 1.165) is 25.2 Å². The largest absolute Gasteiger partial charge is 0.348 e. The van der Waals surface area contributed by atoms with Gasteiger partial charge in [0.15, 0.2) is 0 Å². The van der Waals surface area contributed by atoms with Gasteiger partial charge in [-0.25, -0.2) is 14.4 Å². The summed E-state index contributed by atoms with van der Waals surface area (Å²) >= 11 is 0. The Morgan fingerprint density at radius 2 is 2.03 bits per heavy atom. The highest BCUT2D eigenvalue weighted by Gasteiger charge is 2.21. The maximum absolute atomic E-state index is 14.4. The summed E-state index contributed by atoms with van der Waals surface area (Å²) in [6.45, 7) is 8.69. The van der Waals surface area contributed by atoms with Crippen molar-refractivity contribution < 1.29 is 9.18 Å². The van der Waals surface area contributed by atoms with Gasteiger partial charge in [0.05, 0.1) is 16.9 Å². The number of carbonyl (C=O) groups is 1. The lowest BCUT2D eigenvalue weighted by Crippen LogP contribution is -2.24. The molecular weight excluding hydrogens is 431 g/mol. The van der Waals surface area contributed by atoms with Crippen LogP contribution in [0.2, 0.25) is 0 Å². The minimum atomic E-state index is -1.59. The summed E-state index contributed by atoms with van der Waals surface area (Å²) in [6, 6.07) is 13.1. The van der Waals surface area contributed by atoms with Crippen LogP contribution in [0, 0.1) is 0 Å². The number of nitrogens with one attached hydrogen (secondary N) is 4. The summed E-state index contributed by atoms with van der Waals surface area (Å²) in [5, 5.41) is 12.6. The summed E-state index contributed by atoms with van der Waals surface area (Å²) in [4.78, 5) is 21.5. The molecule has 3 aromatic rings. The van der Waals surface area contributed by atoms with Crippen molar-refractivity contribution in [2.75, 3.05) is 23.7 Å². The first kappa shape index (κ1) is 23.4. The lowest BCUT2D eigenvalue weighted by Gasteiger charge is -2.19. The minimum absolute atomic E-state index is 0.297. The molecule has 0 bridgehead atoms. The average molecular weight is 461 g/mol. The number of hydrogen-bond acceptors (Lipinski definition) is 6. The van der Waals surface area contributed by atoms with E-state index in [2.05, 4.69) is 49.9 Å². The molecule has 3 heterocycles. The molecule has 0 aliphatic carbocycles. The fourth-order valence-corrected chi connectivity index (χ4v) is 3.75. The fraction of sp³-hybridized carbons (Fsp3) is 0.269. The van der Waals surface area contributed by atoms with Gasteiger partial charge in [-0.1, -0.05) is 18.2 Å². The molecule has 0 unspecified atom stereocenters. The van der Waals surface area contributed by atoms with E-state index in [1.807, 2.05) is 6.07 Å². The van der Waals surface area contributed by atoms with Crippen LogP contribution in [0.5, 0.6) is 0 Å². The highest BCUT2D eigenvalue weighted by atomic mass is 19.1. The minimum Gasteiger partial charge on any atom is -0.348 e. The van der Waals surface area contributed by atoms with Crippen LogP contribution in [-0.2, 0) is 18.6 Å². The van der Waals surface area contributed by atoms with Crippen LogP contribution in [0.3, 0.4) is 0 Å². The van der Waals surface area contributed by atoms with Crippen LogP contribution in [0.15, 0.2) is 61.3 Å². The van der Waals surface area contributed by atoms with Gasteiger partial charge in [0.2, 0.25) is 0 Å². The topological polar surface area (TPSA) is 91.0 Å². The van der Waals surface area contributed by atoms with Crippen LogP contribution in [0.1, 0.15) is 41.0 Å². The van der Waals surface area contributed by atoms with Crippen LogP contribution < -0.4 is 21.3 Å². The van der Waals surface area contributed by atoms with E-state index in [4.69, 9.17) is 0 Å². The van der Waals surface area contributed by atoms with Gasteiger partial charge in [-0.15, -0.1) is 6.58 Å². The van der Waals surface area contributed by atoms with E-state index < -0.39 is 5.67 Å². The van der Waals surface area contributed by atoms with Crippen molar-refractivity contribution in [1.29, 1.82) is 0 Å². The van der Waals surface area contributed by atoms with E-state index in [1.54, 1.807) is 30.3 Å². The second-order valence-corrected chi connectivity index (χ2v) is 8.65. The molecule has 4 N–H and O–H groups in total. The Bertz CT molecular complexity index is 1200. The van der Waals surface area contributed by atoms with Crippen molar-refractivity contribution in [2.45, 2.75) is 32.5 Å². The Labute approximate surface area is 198 Å². The highest BCUT2D eigenvalue weighted by Crippen LogP contribution is 2.28. The molecule has 1 aliphatic rings. The summed E-state index contributed by atoms with van der Waals surface area (Å²) in [7, 11) is 0. The van der Waals surface area contributed by atoms with Crippen LogP contribution in [-0.4, -0.2) is 29.0 Å². The number of rotatable bonds is 8. The number of amides is 1. The number of carbonyl (C=O) groups excluding carboxylic acids is 1. The second kappa shape index (κ2) is 10.0. The summed E-state index contributed by atoms with van der Waals surface area (Å²) in [6.07, 6.45) is 4.12. The van der Waals surface area contributed by atoms with Crippen molar-refractivity contribution >= 4 is 28.9 Å². The molecule has 8 heteroatoms. The molecule has 0 radical (unpaired) electrons. The molecule has 7 nitrogen and oxygen atoms in total. The zero-order valence-corrected chi connectivity index (χ0v) is 19.4. The van der Waals surface area contributed by atoms with E-state index in [9.17, 15) is 9.18 Å². The molecular formula is C26H29FN6O. The monoisotopic (exact) mass is 460 g/mol. The molecule has 0 atom stereocenters. The zero-order chi connectivity index (χ0) is 24.1. The Kier molecular flexibility index (Phi) is 6.88. The van der Waals surface area contributed by atoms with Crippen molar-refractivity contribution in [3.63, 3.8) is 0 Å². The normalized spacial score (nSPS) is 13.0. The molecule has 1 aromatic carbocycles. The third-order valence-electron chi connectivity index (χ3n) is 5.54. The van der Waals surface area contributed by atoms with Gasteiger partial charge >= 0.3 is 0 Å².